The molecule has 1 saturated heterocycles. The van der Waals surface area contributed by atoms with Gasteiger partial charge in [-0.05, 0) is 51.2 Å². The molecule has 0 unspecified atom stereocenters. The van der Waals surface area contributed by atoms with Crippen molar-refractivity contribution in [2.75, 3.05) is 31.1 Å². The first-order valence-electron chi connectivity index (χ1n) is 7.57. The first-order chi connectivity index (χ1) is 8.49. The molecule has 1 rings (SSSR count). The number of nitrogens with one attached hydrogen (secondary N) is 1. The van der Waals surface area contributed by atoms with E-state index in [9.17, 15) is 0 Å². The third kappa shape index (κ3) is 4.14. The van der Waals surface area contributed by atoms with Crippen molar-refractivity contribution in [1.29, 1.82) is 0 Å². The SMILES string of the molecule is CCSCCCN1CC(CC)(CC)NCC1(C)C. The van der Waals surface area contributed by atoms with E-state index in [1.165, 1.54) is 43.9 Å². The van der Waals surface area contributed by atoms with Gasteiger partial charge in [-0.1, -0.05) is 20.8 Å². The topological polar surface area (TPSA) is 15.3 Å². The van der Waals surface area contributed by atoms with Crippen molar-refractivity contribution in [2.45, 2.75) is 65.0 Å². The third-order valence-corrected chi connectivity index (χ3v) is 5.51. The van der Waals surface area contributed by atoms with Crippen LogP contribution in [-0.2, 0) is 0 Å². The summed E-state index contributed by atoms with van der Waals surface area (Å²) in [6, 6.07) is 0. The van der Waals surface area contributed by atoms with Crippen LogP contribution in [0.3, 0.4) is 0 Å². The van der Waals surface area contributed by atoms with Crippen LogP contribution in [0.2, 0.25) is 0 Å². The fourth-order valence-electron chi connectivity index (χ4n) is 2.76. The Bertz CT molecular complexity index is 237. The summed E-state index contributed by atoms with van der Waals surface area (Å²) in [5.41, 5.74) is 0.665. The summed E-state index contributed by atoms with van der Waals surface area (Å²) >= 11 is 2.07. The summed E-state index contributed by atoms with van der Waals surface area (Å²) in [6.45, 7) is 15.2. The number of piperazine rings is 1. The predicted molar refractivity (Wildman–Crippen MR) is 84.6 cm³/mol. The Kier molecular flexibility index (Phi) is 6.49. The molecule has 0 atom stereocenters. The Hall–Kier alpha value is 0.270. The summed E-state index contributed by atoms with van der Waals surface area (Å²) in [4.78, 5) is 2.72. The van der Waals surface area contributed by atoms with Crippen LogP contribution >= 0.6 is 11.8 Å². The van der Waals surface area contributed by atoms with Gasteiger partial charge in [0.1, 0.15) is 0 Å². The first-order valence-corrected chi connectivity index (χ1v) is 8.73. The van der Waals surface area contributed by atoms with E-state index in [0.29, 0.717) is 11.1 Å². The maximum absolute atomic E-state index is 3.81. The van der Waals surface area contributed by atoms with Gasteiger partial charge >= 0.3 is 0 Å². The Morgan fingerprint density at radius 1 is 1.17 bits per heavy atom. The molecular weight excluding hydrogens is 240 g/mol. The Morgan fingerprint density at radius 2 is 1.83 bits per heavy atom. The molecule has 1 aliphatic heterocycles. The molecule has 0 aromatic rings. The van der Waals surface area contributed by atoms with E-state index in [1.807, 2.05) is 0 Å². The molecule has 2 nitrogen and oxygen atoms in total. The maximum atomic E-state index is 3.81. The summed E-state index contributed by atoms with van der Waals surface area (Å²) in [6.07, 6.45) is 3.80. The molecule has 0 bridgehead atoms. The van der Waals surface area contributed by atoms with Gasteiger partial charge in [-0.2, -0.15) is 11.8 Å². The molecule has 1 fully saturated rings. The molecule has 0 saturated carbocycles. The number of hydrogen-bond acceptors (Lipinski definition) is 3. The van der Waals surface area contributed by atoms with E-state index in [1.54, 1.807) is 0 Å². The van der Waals surface area contributed by atoms with Crippen molar-refractivity contribution < 1.29 is 0 Å². The van der Waals surface area contributed by atoms with Gasteiger partial charge in [-0.15, -0.1) is 0 Å². The molecule has 0 aromatic carbocycles. The molecule has 3 heteroatoms. The second kappa shape index (κ2) is 7.16. The highest BCUT2D eigenvalue weighted by Gasteiger charge is 2.40. The van der Waals surface area contributed by atoms with Crippen molar-refractivity contribution >= 4 is 11.8 Å². The minimum absolute atomic E-state index is 0.310. The highest BCUT2D eigenvalue weighted by molar-refractivity contribution is 7.99. The lowest BCUT2D eigenvalue weighted by Gasteiger charge is -2.52. The van der Waals surface area contributed by atoms with Gasteiger partial charge in [0.05, 0.1) is 0 Å². The molecule has 1 heterocycles. The maximum Gasteiger partial charge on any atom is 0.0304 e. The van der Waals surface area contributed by atoms with Crippen molar-refractivity contribution in [3.8, 4) is 0 Å². The lowest BCUT2D eigenvalue weighted by Crippen LogP contribution is -2.67. The molecule has 108 valence electrons. The molecule has 0 spiro atoms. The van der Waals surface area contributed by atoms with Crippen LogP contribution in [-0.4, -0.2) is 47.1 Å². The van der Waals surface area contributed by atoms with E-state index in [-0.39, 0.29) is 0 Å². The largest absolute Gasteiger partial charge is 0.308 e. The standard InChI is InChI=1S/C15H32N2S/c1-6-15(7-2)13-17(10-9-11-18-8-3)14(4,5)12-16-15/h16H,6-13H2,1-5H3. The number of thioether (sulfide) groups is 1. The molecular formula is C15H32N2S. The zero-order valence-electron chi connectivity index (χ0n) is 13.0. The Balaban J connectivity index is 2.54. The Labute approximate surface area is 118 Å². The molecule has 18 heavy (non-hydrogen) atoms. The van der Waals surface area contributed by atoms with Crippen molar-refractivity contribution in [1.82, 2.24) is 10.2 Å². The monoisotopic (exact) mass is 272 g/mol. The summed E-state index contributed by atoms with van der Waals surface area (Å²) < 4.78 is 0. The van der Waals surface area contributed by atoms with E-state index >= 15 is 0 Å². The minimum atomic E-state index is 0.310. The second-order valence-corrected chi connectivity index (χ2v) is 7.52. The molecule has 1 N–H and O–H groups in total. The summed E-state index contributed by atoms with van der Waals surface area (Å²) in [5, 5.41) is 3.81. The number of hydrogen-bond donors (Lipinski definition) is 1. The average molecular weight is 273 g/mol. The highest BCUT2D eigenvalue weighted by Crippen LogP contribution is 2.28. The molecule has 1 aliphatic rings. The third-order valence-electron chi connectivity index (χ3n) is 4.52. The van der Waals surface area contributed by atoms with Crippen molar-refractivity contribution in [3.05, 3.63) is 0 Å². The number of rotatable bonds is 7. The minimum Gasteiger partial charge on any atom is -0.308 e. The van der Waals surface area contributed by atoms with E-state index in [2.05, 4.69) is 56.6 Å². The van der Waals surface area contributed by atoms with Gasteiger partial charge in [0.15, 0.2) is 0 Å². The lowest BCUT2D eigenvalue weighted by molar-refractivity contribution is 0.0230. The van der Waals surface area contributed by atoms with Gasteiger partial charge in [0.2, 0.25) is 0 Å². The van der Waals surface area contributed by atoms with E-state index < -0.39 is 0 Å². The van der Waals surface area contributed by atoms with Crippen LogP contribution in [0.4, 0.5) is 0 Å². The first kappa shape index (κ1) is 16.3. The average Bonchev–Trinajstić information content (AvgIpc) is 2.37. The van der Waals surface area contributed by atoms with E-state index in [0.717, 1.165) is 6.54 Å². The normalized spacial score (nSPS) is 23.2. The van der Waals surface area contributed by atoms with Crippen LogP contribution in [0.25, 0.3) is 0 Å². The van der Waals surface area contributed by atoms with E-state index in [4.69, 9.17) is 0 Å². The number of nitrogens with zero attached hydrogens (tertiary/aromatic N) is 1. The van der Waals surface area contributed by atoms with Gasteiger partial charge in [-0.25, -0.2) is 0 Å². The van der Waals surface area contributed by atoms with Crippen LogP contribution < -0.4 is 5.32 Å². The molecule has 0 amide bonds. The van der Waals surface area contributed by atoms with Crippen LogP contribution in [0.1, 0.15) is 53.9 Å². The van der Waals surface area contributed by atoms with Gasteiger partial charge < -0.3 is 5.32 Å². The fourth-order valence-corrected chi connectivity index (χ4v) is 3.38. The zero-order chi connectivity index (χ0) is 13.6. The molecule has 0 aliphatic carbocycles. The molecule has 0 radical (unpaired) electrons. The Morgan fingerprint density at radius 3 is 2.39 bits per heavy atom. The van der Waals surface area contributed by atoms with Gasteiger partial charge in [-0.3, -0.25) is 4.90 Å². The highest BCUT2D eigenvalue weighted by atomic mass is 32.2. The van der Waals surface area contributed by atoms with Gasteiger partial charge in [0, 0.05) is 24.2 Å². The van der Waals surface area contributed by atoms with Crippen molar-refractivity contribution in [2.24, 2.45) is 0 Å². The molecule has 0 aromatic heterocycles. The van der Waals surface area contributed by atoms with Crippen LogP contribution in [0, 0.1) is 0 Å². The zero-order valence-corrected chi connectivity index (χ0v) is 13.8. The second-order valence-electron chi connectivity index (χ2n) is 6.13. The van der Waals surface area contributed by atoms with Crippen molar-refractivity contribution in [3.63, 3.8) is 0 Å². The van der Waals surface area contributed by atoms with Gasteiger partial charge in [0.25, 0.3) is 0 Å². The quantitative estimate of drug-likeness (QED) is 0.715. The van der Waals surface area contributed by atoms with Crippen LogP contribution in [0.5, 0.6) is 0 Å². The lowest BCUT2D eigenvalue weighted by atomic mass is 9.85. The van der Waals surface area contributed by atoms with Crippen LogP contribution in [0.15, 0.2) is 0 Å². The summed E-state index contributed by atoms with van der Waals surface area (Å²) in [5.74, 6) is 2.56. The predicted octanol–water partition coefficient (Wildman–Crippen LogP) is 3.37. The fraction of sp³-hybridized carbons (Fsp3) is 1.00. The smallest absolute Gasteiger partial charge is 0.0304 e. The summed E-state index contributed by atoms with van der Waals surface area (Å²) in [7, 11) is 0.